The fourth-order valence-corrected chi connectivity index (χ4v) is 2.98. The van der Waals surface area contributed by atoms with E-state index in [1.165, 1.54) is 0 Å². The van der Waals surface area contributed by atoms with Crippen LogP contribution in [0.2, 0.25) is 0 Å². The van der Waals surface area contributed by atoms with E-state index in [4.69, 9.17) is 15.2 Å². The van der Waals surface area contributed by atoms with Gasteiger partial charge in [-0.15, -0.1) is 0 Å². The molecule has 2 rings (SSSR count). The molecule has 3 N–H and O–H groups in total. The summed E-state index contributed by atoms with van der Waals surface area (Å²) >= 11 is 0. The average molecular weight is 348 g/mol. The number of rotatable bonds is 9. The summed E-state index contributed by atoms with van der Waals surface area (Å²) in [4.78, 5) is 12.3. The van der Waals surface area contributed by atoms with Gasteiger partial charge in [0.25, 0.3) is 0 Å². The minimum Gasteiger partial charge on any atom is -0.493 e. The molecule has 25 heavy (non-hydrogen) atoms. The van der Waals surface area contributed by atoms with Crippen molar-refractivity contribution < 1.29 is 14.3 Å². The Kier molecular flexibility index (Phi) is 7.72. The van der Waals surface area contributed by atoms with Gasteiger partial charge in [0.05, 0.1) is 12.7 Å². The predicted octanol–water partition coefficient (Wildman–Crippen LogP) is 2.93. The molecule has 1 saturated heterocycles. The van der Waals surface area contributed by atoms with Gasteiger partial charge in [-0.2, -0.15) is 0 Å². The normalized spacial score (nSPS) is 20.0. The van der Waals surface area contributed by atoms with Gasteiger partial charge >= 0.3 is 0 Å². The summed E-state index contributed by atoms with van der Waals surface area (Å²) in [6.07, 6.45) is 3.40. The third-order valence-corrected chi connectivity index (χ3v) is 4.52. The van der Waals surface area contributed by atoms with E-state index in [1.54, 1.807) is 0 Å². The van der Waals surface area contributed by atoms with Gasteiger partial charge in [0.2, 0.25) is 5.91 Å². The number of aryl methyl sites for hydroxylation is 1. The quantitative estimate of drug-likeness (QED) is 0.673. The van der Waals surface area contributed by atoms with Crippen LogP contribution in [0.1, 0.15) is 50.7 Å². The van der Waals surface area contributed by atoms with Crippen LogP contribution in [0.4, 0.5) is 0 Å². The second-order valence-electron chi connectivity index (χ2n) is 7.27. The van der Waals surface area contributed by atoms with Crippen molar-refractivity contribution in [3.05, 3.63) is 29.3 Å². The Morgan fingerprint density at radius 3 is 2.88 bits per heavy atom. The van der Waals surface area contributed by atoms with E-state index in [0.29, 0.717) is 25.6 Å². The monoisotopic (exact) mass is 348 g/mol. The van der Waals surface area contributed by atoms with E-state index in [2.05, 4.69) is 19.2 Å². The van der Waals surface area contributed by atoms with Crippen LogP contribution in [0, 0.1) is 12.8 Å². The van der Waals surface area contributed by atoms with Crippen LogP contribution in [-0.2, 0) is 16.1 Å². The molecular formula is C20H32N2O3. The van der Waals surface area contributed by atoms with Crippen LogP contribution in [0.25, 0.3) is 0 Å². The van der Waals surface area contributed by atoms with Gasteiger partial charge in [0.1, 0.15) is 11.9 Å². The first-order chi connectivity index (χ1) is 12.0. The molecular weight excluding hydrogens is 316 g/mol. The SMILES string of the molecule is Cc1ccc(CNC(=O)[C@@H]2CC[C@H](CN)O2)c(OCCCC(C)C)c1. The molecule has 1 amide bonds. The number of amides is 1. The molecule has 140 valence electrons. The average Bonchev–Trinajstić information content (AvgIpc) is 3.06. The molecule has 0 spiro atoms. The van der Waals surface area contributed by atoms with Crippen molar-refractivity contribution in [1.29, 1.82) is 0 Å². The zero-order chi connectivity index (χ0) is 18.2. The van der Waals surface area contributed by atoms with Crippen LogP contribution in [0.15, 0.2) is 18.2 Å². The Bertz CT molecular complexity index is 560. The molecule has 5 heteroatoms. The van der Waals surface area contributed by atoms with Gasteiger partial charge < -0.3 is 20.5 Å². The van der Waals surface area contributed by atoms with Crippen molar-refractivity contribution in [3.8, 4) is 5.75 Å². The number of hydrogen-bond acceptors (Lipinski definition) is 4. The maximum atomic E-state index is 12.3. The van der Waals surface area contributed by atoms with Crippen LogP contribution in [0.5, 0.6) is 5.75 Å². The lowest BCUT2D eigenvalue weighted by atomic mass is 10.1. The van der Waals surface area contributed by atoms with E-state index in [1.807, 2.05) is 25.1 Å². The molecule has 5 nitrogen and oxygen atoms in total. The fraction of sp³-hybridized carbons (Fsp3) is 0.650. The number of nitrogens with two attached hydrogens (primary N) is 1. The summed E-state index contributed by atoms with van der Waals surface area (Å²) in [6, 6.07) is 6.10. The summed E-state index contributed by atoms with van der Waals surface area (Å²) in [6.45, 7) is 8.10. The molecule has 0 unspecified atom stereocenters. The molecule has 1 aliphatic heterocycles. The molecule has 2 atom stereocenters. The molecule has 0 aliphatic carbocycles. The van der Waals surface area contributed by atoms with Crippen molar-refractivity contribution in [2.24, 2.45) is 11.7 Å². The van der Waals surface area contributed by atoms with Crippen molar-refractivity contribution >= 4 is 5.91 Å². The van der Waals surface area contributed by atoms with Gasteiger partial charge in [-0.3, -0.25) is 4.79 Å². The second-order valence-corrected chi connectivity index (χ2v) is 7.27. The van der Waals surface area contributed by atoms with Crippen LogP contribution >= 0.6 is 0 Å². The van der Waals surface area contributed by atoms with E-state index < -0.39 is 0 Å². The minimum atomic E-state index is -0.380. The molecule has 0 bridgehead atoms. The smallest absolute Gasteiger partial charge is 0.249 e. The van der Waals surface area contributed by atoms with Crippen LogP contribution in [0.3, 0.4) is 0 Å². The summed E-state index contributed by atoms with van der Waals surface area (Å²) in [5.41, 5.74) is 7.75. The number of carbonyl (C=O) groups is 1. The molecule has 0 saturated carbocycles. The lowest BCUT2D eigenvalue weighted by Gasteiger charge is -2.16. The van der Waals surface area contributed by atoms with E-state index >= 15 is 0 Å². The third kappa shape index (κ3) is 6.33. The number of hydrogen-bond donors (Lipinski definition) is 2. The fourth-order valence-electron chi connectivity index (χ4n) is 2.98. The van der Waals surface area contributed by atoms with E-state index in [0.717, 1.165) is 42.6 Å². The third-order valence-electron chi connectivity index (χ3n) is 4.52. The maximum Gasteiger partial charge on any atom is 0.249 e. The second kappa shape index (κ2) is 9.78. The highest BCUT2D eigenvalue weighted by Crippen LogP contribution is 2.22. The van der Waals surface area contributed by atoms with Gasteiger partial charge in [0.15, 0.2) is 0 Å². The highest BCUT2D eigenvalue weighted by Gasteiger charge is 2.29. The Balaban J connectivity index is 1.87. The summed E-state index contributed by atoms with van der Waals surface area (Å²) < 4.78 is 11.6. The highest BCUT2D eigenvalue weighted by atomic mass is 16.5. The maximum absolute atomic E-state index is 12.3. The van der Waals surface area contributed by atoms with Gasteiger partial charge in [-0.05, 0) is 50.2 Å². The molecule has 1 aromatic rings. The zero-order valence-electron chi connectivity index (χ0n) is 15.7. The number of nitrogens with one attached hydrogen (secondary N) is 1. The van der Waals surface area contributed by atoms with Crippen molar-refractivity contribution in [1.82, 2.24) is 5.32 Å². The molecule has 0 aromatic heterocycles. The standard InChI is InChI=1S/C20H32N2O3/c1-14(2)5-4-10-24-19-11-15(3)6-7-16(19)13-22-20(23)18-9-8-17(12-21)25-18/h6-7,11,14,17-18H,4-5,8-10,12-13,21H2,1-3H3,(H,22,23)/t17-,18+/m1/s1. The molecule has 1 fully saturated rings. The van der Waals surface area contributed by atoms with Gasteiger partial charge in [-0.25, -0.2) is 0 Å². The molecule has 1 aromatic carbocycles. The Hall–Kier alpha value is -1.59. The minimum absolute atomic E-state index is 0.00924. The first-order valence-corrected chi connectivity index (χ1v) is 9.35. The summed E-state index contributed by atoms with van der Waals surface area (Å²) in [5.74, 6) is 1.47. The Morgan fingerprint density at radius 2 is 2.20 bits per heavy atom. The van der Waals surface area contributed by atoms with Crippen molar-refractivity contribution in [2.75, 3.05) is 13.2 Å². The number of ether oxygens (including phenoxy) is 2. The topological polar surface area (TPSA) is 73.6 Å². The molecule has 0 radical (unpaired) electrons. The summed E-state index contributed by atoms with van der Waals surface area (Å²) in [7, 11) is 0. The predicted molar refractivity (Wildman–Crippen MR) is 99.5 cm³/mol. The zero-order valence-corrected chi connectivity index (χ0v) is 15.7. The first-order valence-electron chi connectivity index (χ1n) is 9.35. The Labute approximate surface area is 151 Å². The first kappa shape index (κ1) is 19.7. The van der Waals surface area contributed by atoms with Crippen LogP contribution < -0.4 is 15.8 Å². The van der Waals surface area contributed by atoms with Crippen LogP contribution in [-0.4, -0.2) is 31.3 Å². The largest absolute Gasteiger partial charge is 0.493 e. The van der Waals surface area contributed by atoms with E-state index in [9.17, 15) is 4.79 Å². The van der Waals surface area contributed by atoms with Crippen molar-refractivity contribution in [3.63, 3.8) is 0 Å². The van der Waals surface area contributed by atoms with E-state index in [-0.39, 0.29) is 18.1 Å². The molecule has 1 heterocycles. The highest BCUT2D eigenvalue weighted by molar-refractivity contribution is 5.81. The number of carbonyl (C=O) groups excluding carboxylic acids is 1. The molecule has 1 aliphatic rings. The van der Waals surface area contributed by atoms with Gasteiger partial charge in [0, 0.05) is 18.7 Å². The lowest BCUT2D eigenvalue weighted by Crippen LogP contribution is -2.35. The number of benzene rings is 1. The summed E-state index contributed by atoms with van der Waals surface area (Å²) in [5, 5.41) is 2.97. The lowest BCUT2D eigenvalue weighted by molar-refractivity contribution is -0.132. The van der Waals surface area contributed by atoms with Crippen molar-refractivity contribution in [2.45, 2.75) is 65.2 Å². The Morgan fingerprint density at radius 1 is 1.40 bits per heavy atom. The van der Waals surface area contributed by atoms with Gasteiger partial charge in [-0.1, -0.05) is 26.0 Å².